The lowest BCUT2D eigenvalue weighted by Crippen LogP contribution is -2.37. The van der Waals surface area contributed by atoms with Crippen molar-refractivity contribution in [2.45, 2.75) is 31.1 Å². The van der Waals surface area contributed by atoms with Crippen LogP contribution < -0.4 is 4.31 Å². The number of hydrogen-bond acceptors (Lipinski definition) is 5. The summed E-state index contributed by atoms with van der Waals surface area (Å²) in [6, 6.07) is 15.3. The number of amides is 1. The Morgan fingerprint density at radius 1 is 1.00 bits per heavy atom. The highest BCUT2D eigenvalue weighted by Crippen LogP contribution is 2.30. The molecule has 3 aromatic rings. The maximum Gasteiger partial charge on any atom is 0.273 e. The maximum absolute atomic E-state index is 13.5. The molecule has 0 aliphatic heterocycles. The second-order valence-electron chi connectivity index (χ2n) is 7.22. The molecule has 0 atom stereocenters. The molecule has 1 amide bonds. The van der Waals surface area contributed by atoms with Gasteiger partial charge in [-0.25, -0.2) is 8.42 Å². The zero-order chi connectivity index (χ0) is 24.2. The van der Waals surface area contributed by atoms with Gasteiger partial charge in [-0.1, -0.05) is 48.7 Å². The van der Waals surface area contributed by atoms with Gasteiger partial charge in [0.2, 0.25) is 0 Å². The normalized spacial score (nSPS) is 11.2. The molecule has 3 rings (SSSR count). The van der Waals surface area contributed by atoms with Crippen LogP contribution in [0.5, 0.6) is 0 Å². The first-order valence-electron chi connectivity index (χ1n) is 10.0. The van der Waals surface area contributed by atoms with Gasteiger partial charge in [-0.05, 0) is 60.9 Å². The highest BCUT2D eigenvalue weighted by atomic mass is 35.5. The van der Waals surface area contributed by atoms with Crippen molar-refractivity contribution in [3.8, 4) is 0 Å². The van der Waals surface area contributed by atoms with Crippen molar-refractivity contribution >= 4 is 50.5 Å². The van der Waals surface area contributed by atoms with Gasteiger partial charge in [-0.3, -0.25) is 14.9 Å². The van der Waals surface area contributed by atoms with Crippen LogP contribution in [0.1, 0.15) is 35.7 Å². The lowest BCUT2D eigenvalue weighted by Gasteiger charge is -2.23. The van der Waals surface area contributed by atoms with Crippen molar-refractivity contribution in [2.75, 3.05) is 4.31 Å². The second-order valence-corrected chi connectivity index (χ2v) is 9.85. The smallest absolute Gasteiger partial charge is 0.268 e. The lowest BCUT2D eigenvalue weighted by molar-refractivity contribution is -0.384. The summed E-state index contributed by atoms with van der Waals surface area (Å²) in [6.07, 6.45) is 2.81. The van der Waals surface area contributed by atoms with Crippen molar-refractivity contribution in [2.24, 2.45) is 0 Å². The largest absolute Gasteiger partial charge is 0.273 e. The van der Waals surface area contributed by atoms with Gasteiger partial charge in [0.05, 0.1) is 26.1 Å². The number of hydrogen-bond donors (Lipinski definition) is 0. The Morgan fingerprint density at radius 3 is 2.18 bits per heavy atom. The highest BCUT2D eigenvalue weighted by molar-refractivity contribution is 7.93. The van der Waals surface area contributed by atoms with E-state index < -0.39 is 20.9 Å². The van der Waals surface area contributed by atoms with E-state index in [1.165, 1.54) is 24.3 Å². The molecule has 33 heavy (non-hydrogen) atoms. The molecule has 0 N–H and O–H groups in total. The van der Waals surface area contributed by atoms with E-state index in [4.69, 9.17) is 23.2 Å². The number of anilines is 1. The molecule has 0 aliphatic rings. The third kappa shape index (κ3) is 5.52. The van der Waals surface area contributed by atoms with Gasteiger partial charge in [0.25, 0.3) is 21.6 Å². The highest BCUT2D eigenvalue weighted by Gasteiger charge is 2.33. The van der Waals surface area contributed by atoms with Crippen molar-refractivity contribution in [1.29, 1.82) is 0 Å². The number of sulfonamides is 1. The van der Waals surface area contributed by atoms with Crippen LogP contribution in [0.15, 0.2) is 71.6 Å². The molecule has 0 spiro atoms. The fourth-order valence-corrected chi connectivity index (χ4v) is 4.94. The van der Waals surface area contributed by atoms with Crippen molar-refractivity contribution in [3.05, 3.63) is 98.0 Å². The van der Waals surface area contributed by atoms with E-state index in [1.807, 2.05) is 0 Å². The standard InChI is InChI=1S/C23H20Cl2N2O5S/c1-2-3-4-16-5-9-18(10-6-16)26(33(31,32)20-12-7-17(24)8-13-20)23(28)21-14-11-19(27(29)30)15-22(21)25/h5-15H,2-4H2,1H3. The molecule has 0 radical (unpaired) electrons. The average Bonchev–Trinajstić information content (AvgIpc) is 2.78. The first-order chi connectivity index (χ1) is 15.6. The van der Waals surface area contributed by atoms with Gasteiger partial charge in [0.1, 0.15) is 0 Å². The monoisotopic (exact) mass is 506 g/mol. The average molecular weight is 507 g/mol. The molecule has 10 heteroatoms. The molecule has 0 unspecified atom stereocenters. The molecule has 0 aliphatic carbocycles. The fraction of sp³-hybridized carbons (Fsp3) is 0.174. The Hall–Kier alpha value is -2.94. The molecule has 3 aromatic carbocycles. The number of rotatable bonds is 8. The predicted molar refractivity (Wildman–Crippen MR) is 129 cm³/mol. The molecule has 0 saturated heterocycles. The number of carbonyl (C=O) groups is 1. The van der Waals surface area contributed by atoms with Gasteiger partial charge in [0.15, 0.2) is 0 Å². The number of benzene rings is 3. The van der Waals surface area contributed by atoms with Crippen LogP contribution in [-0.4, -0.2) is 19.2 Å². The van der Waals surface area contributed by atoms with Gasteiger partial charge < -0.3 is 0 Å². The van der Waals surface area contributed by atoms with E-state index in [2.05, 4.69) is 6.92 Å². The van der Waals surface area contributed by atoms with Crippen LogP contribution >= 0.6 is 23.2 Å². The summed E-state index contributed by atoms with van der Waals surface area (Å²) >= 11 is 12.0. The molecule has 0 heterocycles. The van der Waals surface area contributed by atoms with Gasteiger partial charge >= 0.3 is 0 Å². The Kier molecular flexibility index (Phi) is 7.73. The van der Waals surface area contributed by atoms with E-state index >= 15 is 0 Å². The number of nitrogens with zero attached hydrogens (tertiary/aromatic N) is 2. The van der Waals surface area contributed by atoms with E-state index in [9.17, 15) is 23.3 Å². The minimum absolute atomic E-state index is 0.115. The number of non-ortho nitro benzene ring substituents is 1. The Balaban J connectivity index is 2.12. The zero-order valence-electron chi connectivity index (χ0n) is 17.6. The van der Waals surface area contributed by atoms with Crippen molar-refractivity contribution in [3.63, 3.8) is 0 Å². The molecule has 0 aromatic heterocycles. The van der Waals surface area contributed by atoms with E-state index in [0.717, 1.165) is 43.0 Å². The number of unbranched alkanes of at least 4 members (excludes halogenated alkanes) is 1. The van der Waals surface area contributed by atoms with Crippen LogP contribution in [0.2, 0.25) is 10.0 Å². The minimum atomic E-state index is -4.36. The number of nitro groups is 1. The molecular weight excluding hydrogens is 487 g/mol. The van der Waals surface area contributed by atoms with Crippen LogP contribution in [0.3, 0.4) is 0 Å². The van der Waals surface area contributed by atoms with Gasteiger partial charge in [-0.2, -0.15) is 4.31 Å². The quantitative estimate of drug-likeness (QED) is 0.264. The third-order valence-corrected chi connectivity index (χ3v) is 7.21. The lowest BCUT2D eigenvalue weighted by atomic mass is 10.1. The molecule has 0 fully saturated rings. The van der Waals surface area contributed by atoms with E-state index in [0.29, 0.717) is 9.33 Å². The maximum atomic E-state index is 13.5. The summed E-state index contributed by atoms with van der Waals surface area (Å²) in [5.41, 5.74) is 0.619. The van der Waals surface area contributed by atoms with Crippen LogP contribution in [0, 0.1) is 10.1 Å². The second kappa shape index (κ2) is 10.3. The summed E-state index contributed by atoms with van der Waals surface area (Å²) in [5, 5.41) is 11.1. The summed E-state index contributed by atoms with van der Waals surface area (Å²) in [6.45, 7) is 2.07. The molecular formula is C23H20Cl2N2O5S. The molecule has 0 bridgehead atoms. The summed E-state index contributed by atoms with van der Waals surface area (Å²) < 4.78 is 27.7. The molecule has 172 valence electrons. The van der Waals surface area contributed by atoms with Crippen LogP contribution in [0.25, 0.3) is 0 Å². The van der Waals surface area contributed by atoms with E-state index in [-0.39, 0.29) is 26.9 Å². The Labute approximate surface area is 201 Å². The number of carbonyl (C=O) groups excluding carboxylic acids is 1. The zero-order valence-corrected chi connectivity index (χ0v) is 19.9. The number of aryl methyl sites for hydroxylation is 1. The summed E-state index contributed by atoms with van der Waals surface area (Å²) in [7, 11) is -4.36. The predicted octanol–water partition coefficient (Wildman–Crippen LogP) is 6.28. The van der Waals surface area contributed by atoms with Crippen molar-refractivity contribution < 1.29 is 18.1 Å². The molecule has 7 nitrogen and oxygen atoms in total. The Morgan fingerprint density at radius 2 is 1.64 bits per heavy atom. The summed E-state index contributed by atoms with van der Waals surface area (Å²) in [5.74, 6) is -0.939. The van der Waals surface area contributed by atoms with E-state index in [1.54, 1.807) is 24.3 Å². The topological polar surface area (TPSA) is 97.6 Å². The van der Waals surface area contributed by atoms with Crippen LogP contribution in [0.4, 0.5) is 11.4 Å². The first kappa shape index (κ1) is 24.7. The summed E-state index contributed by atoms with van der Waals surface area (Å²) in [4.78, 5) is 23.7. The number of halogens is 2. The van der Waals surface area contributed by atoms with Gasteiger partial charge in [-0.15, -0.1) is 0 Å². The molecule has 0 saturated carbocycles. The third-order valence-electron chi connectivity index (χ3n) is 4.92. The van der Waals surface area contributed by atoms with Crippen LogP contribution in [-0.2, 0) is 16.4 Å². The minimum Gasteiger partial charge on any atom is -0.268 e. The number of nitro benzene ring substituents is 1. The fourth-order valence-electron chi connectivity index (χ4n) is 3.16. The first-order valence-corrected chi connectivity index (χ1v) is 12.2. The van der Waals surface area contributed by atoms with Gasteiger partial charge in [0, 0.05) is 17.2 Å². The van der Waals surface area contributed by atoms with Crippen molar-refractivity contribution in [1.82, 2.24) is 0 Å². The SMILES string of the molecule is CCCCc1ccc(N(C(=O)c2ccc([N+](=O)[O-])cc2Cl)S(=O)(=O)c2ccc(Cl)cc2)cc1. The Bertz CT molecular complexity index is 1280.